The third kappa shape index (κ3) is 7.02. The van der Waals surface area contributed by atoms with Crippen LogP contribution >= 0.6 is 0 Å². The smallest absolute Gasteiger partial charge is 0.305 e. The van der Waals surface area contributed by atoms with Crippen LogP contribution < -0.4 is 10.6 Å². The minimum absolute atomic E-state index is 0.0101. The van der Waals surface area contributed by atoms with Crippen LogP contribution in [-0.4, -0.2) is 54.0 Å². The minimum Gasteiger partial charge on any atom is -0.481 e. The van der Waals surface area contributed by atoms with Gasteiger partial charge in [-0.2, -0.15) is 0 Å². The SMILES string of the molecule is O=C(O)CC(NC(=O)CN1CCCC(CCC2CCNCC2)C1=O)c1cccc(F)c1. The van der Waals surface area contributed by atoms with Crippen LogP contribution in [0.15, 0.2) is 24.3 Å². The van der Waals surface area contributed by atoms with Gasteiger partial charge in [-0.3, -0.25) is 14.4 Å². The van der Waals surface area contributed by atoms with Gasteiger partial charge in [0.2, 0.25) is 11.8 Å². The van der Waals surface area contributed by atoms with Gasteiger partial charge in [0.1, 0.15) is 5.82 Å². The van der Waals surface area contributed by atoms with Crippen LogP contribution in [0.25, 0.3) is 0 Å². The van der Waals surface area contributed by atoms with E-state index in [1.165, 1.54) is 18.2 Å². The van der Waals surface area contributed by atoms with Crippen molar-refractivity contribution >= 4 is 17.8 Å². The Balaban J connectivity index is 1.54. The van der Waals surface area contributed by atoms with Gasteiger partial charge in [0.05, 0.1) is 19.0 Å². The summed E-state index contributed by atoms with van der Waals surface area (Å²) in [6.07, 6.45) is 5.55. The van der Waals surface area contributed by atoms with E-state index in [-0.39, 0.29) is 24.8 Å². The second-order valence-corrected chi connectivity index (χ2v) is 8.64. The van der Waals surface area contributed by atoms with E-state index >= 15 is 0 Å². The van der Waals surface area contributed by atoms with Crippen molar-refractivity contribution in [2.24, 2.45) is 11.8 Å². The van der Waals surface area contributed by atoms with Crippen molar-refractivity contribution in [2.75, 3.05) is 26.2 Å². The monoisotopic (exact) mass is 433 g/mol. The lowest BCUT2D eigenvalue weighted by molar-refractivity contribution is -0.143. The van der Waals surface area contributed by atoms with E-state index in [1.54, 1.807) is 11.0 Å². The number of nitrogens with zero attached hydrogens (tertiary/aromatic N) is 1. The molecule has 2 amide bonds. The first kappa shape index (κ1) is 23.2. The molecule has 7 nitrogen and oxygen atoms in total. The third-order valence-corrected chi connectivity index (χ3v) is 6.32. The zero-order valence-electron chi connectivity index (χ0n) is 17.8. The molecule has 1 aromatic rings. The van der Waals surface area contributed by atoms with Crippen LogP contribution in [-0.2, 0) is 14.4 Å². The second-order valence-electron chi connectivity index (χ2n) is 8.64. The molecule has 0 saturated carbocycles. The molecule has 0 aliphatic carbocycles. The normalized spacial score (nSPS) is 21.0. The van der Waals surface area contributed by atoms with Crippen LogP contribution in [0, 0.1) is 17.7 Å². The van der Waals surface area contributed by atoms with Gasteiger partial charge in [0.25, 0.3) is 0 Å². The zero-order chi connectivity index (χ0) is 22.2. The first-order valence-corrected chi connectivity index (χ1v) is 11.2. The number of nitrogens with one attached hydrogen (secondary N) is 2. The van der Waals surface area contributed by atoms with Crippen molar-refractivity contribution in [2.45, 2.75) is 51.0 Å². The van der Waals surface area contributed by atoms with Crippen molar-refractivity contribution in [3.8, 4) is 0 Å². The number of aliphatic carboxylic acids is 1. The Bertz CT molecular complexity index is 782. The molecule has 0 bridgehead atoms. The number of carbonyl (C=O) groups is 3. The fourth-order valence-corrected chi connectivity index (χ4v) is 4.62. The molecule has 0 radical (unpaired) electrons. The highest BCUT2D eigenvalue weighted by atomic mass is 19.1. The summed E-state index contributed by atoms with van der Waals surface area (Å²) >= 11 is 0. The number of benzene rings is 1. The number of hydrogen-bond donors (Lipinski definition) is 3. The lowest BCUT2D eigenvalue weighted by Crippen LogP contribution is -2.47. The van der Waals surface area contributed by atoms with E-state index in [1.807, 2.05) is 0 Å². The Hall–Kier alpha value is -2.48. The van der Waals surface area contributed by atoms with Crippen molar-refractivity contribution in [3.05, 3.63) is 35.6 Å². The van der Waals surface area contributed by atoms with Crippen LogP contribution in [0.3, 0.4) is 0 Å². The third-order valence-electron chi connectivity index (χ3n) is 6.32. The van der Waals surface area contributed by atoms with Crippen molar-refractivity contribution in [1.29, 1.82) is 0 Å². The molecule has 31 heavy (non-hydrogen) atoms. The highest BCUT2D eigenvalue weighted by Gasteiger charge is 2.31. The molecule has 2 unspecified atom stereocenters. The largest absolute Gasteiger partial charge is 0.481 e. The highest BCUT2D eigenvalue weighted by molar-refractivity contribution is 5.86. The van der Waals surface area contributed by atoms with Crippen molar-refractivity contribution in [1.82, 2.24) is 15.5 Å². The van der Waals surface area contributed by atoms with Crippen LogP contribution in [0.4, 0.5) is 4.39 Å². The molecule has 3 N–H and O–H groups in total. The number of carboxylic acids is 1. The standard InChI is InChI=1S/C23H32FN3O4/c24-19-5-1-3-18(13-19)20(14-22(29)30)26-21(28)15-27-12-2-4-17(23(27)31)7-6-16-8-10-25-11-9-16/h1,3,5,13,16-17,20,25H,2,4,6-12,14-15H2,(H,26,28)(H,29,30). The fourth-order valence-electron chi connectivity index (χ4n) is 4.62. The van der Waals surface area contributed by atoms with Gasteiger partial charge in [-0.25, -0.2) is 4.39 Å². The molecule has 0 aromatic heterocycles. The second kappa shape index (κ2) is 11.2. The molecule has 0 spiro atoms. The maximum absolute atomic E-state index is 13.6. The Morgan fingerprint density at radius 3 is 2.71 bits per heavy atom. The molecule has 1 aromatic carbocycles. The van der Waals surface area contributed by atoms with Crippen LogP contribution in [0.2, 0.25) is 0 Å². The number of hydrogen-bond acceptors (Lipinski definition) is 4. The lowest BCUT2D eigenvalue weighted by Gasteiger charge is -2.33. The van der Waals surface area contributed by atoms with Crippen molar-refractivity contribution in [3.63, 3.8) is 0 Å². The average Bonchev–Trinajstić information content (AvgIpc) is 2.74. The number of amides is 2. The predicted molar refractivity (Wildman–Crippen MR) is 114 cm³/mol. The Labute approximate surface area is 182 Å². The van der Waals surface area contributed by atoms with Gasteiger partial charge in [0, 0.05) is 12.5 Å². The number of halogens is 1. The van der Waals surface area contributed by atoms with Crippen LogP contribution in [0.1, 0.15) is 56.6 Å². The summed E-state index contributed by atoms with van der Waals surface area (Å²) in [4.78, 5) is 38.3. The lowest BCUT2D eigenvalue weighted by atomic mass is 9.86. The molecule has 170 valence electrons. The summed E-state index contributed by atoms with van der Waals surface area (Å²) in [5.41, 5.74) is 0.389. The maximum Gasteiger partial charge on any atom is 0.305 e. The summed E-state index contributed by atoms with van der Waals surface area (Å²) in [7, 11) is 0. The van der Waals surface area contributed by atoms with E-state index in [0.29, 0.717) is 18.0 Å². The first-order valence-electron chi connectivity index (χ1n) is 11.2. The van der Waals surface area contributed by atoms with E-state index in [2.05, 4.69) is 10.6 Å². The fraction of sp³-hybridized carbons (Fsp3) is 0.609. The average molecular weight is 434 g/mol. The molecule has 3 rings (SSSR count). The number of carboxylic acid groups (broad SMARTS) is 1. The van der Waals surface area contributed by atoms with E-state index in [0.717, 1.165) is 51.6 Å². The van der Waals surface area contributed by atoms with Gasteiger partial charge >= 0.3 is 5.97 Å². The summed E-state index contributed by atoms with van der Waals surface area (Å²) in [6.45, 7) is 2.50. The van der Waals surface area contributed by atoms with Gasteiger partial charge in [-0.05, 0) is 75.2 Å². The predicted octanol–water partition coefficient (Wildman–Crippen LogP) is 2.48. The number of piperidine rings is 2. The molecule has 2 aliphatic heterocycles. The Morgan fingerprint density at radius 2 is 2.00 bits per heavy atom. The molecular formula is C23H32FN3O4. The Morgan fingerprint density at radius 1 is 1.23 bits per heavy atom. The minimum atomic E-state index is -1.10. The van der Waals surface area contributed by atoms with E-state index in [4.69, 9.17) is 0 Å². The topological polar surface area (TPSA) is 98.7 Å². The molecule has 2 aliphatic rings. The molecule has 2 fully saturated rings. The summed E-state index contributed by atoms with van der Waals surface area (Å²) in [6, 6.07) is 4.69. The number of carbonyl (C=O) groups excluding carboxylic acids is 2. The molecular weight excluding hydrogens is 401 g/mol. The number of rotatable bonds is 9. The van der Waals surface area contributed by atoms with E-state index in [9.17, 15) is 23.9 Å². The van der Waals surface area contributed by atoms with Gasteiger partial charge < -0.3 is 20.6 Å². The Kier molecular flexibility index (Phi) is 8.40. The summed E-state index contributed by atoms with van der Waals surface area (Å²) in [5.74, 6) is -1.39. The molecule has 2 saturated heterocycles. The summed E-state index contributed by atoms with van der Waals surface area (Å²) in [5, 5.41) is 15.2. The maximum atomic E-state index is 13.6. The first-order chi connectivity index (χ1) is 14.9. The van der Waals surface area contributed by atoms with E-state index < -0.39 is 23.7 Å². The van der Waals surface area contributed by atoms with Gasteiger partial charge in [0.15, 0.2) is 0 Å². The quantitative estimate of drug-likeness (QED) is 0.556. The van der Waals surface area contributed by atoms with Crippen LogP contribution in [0.5, 0.6) is 0 Å². The highest BCUT2D eigenvalue weighted by Crippen LogP contribution is 2.27. The zero-order valence-corrected chi connectivity index (χ0v) is 17.8. The molecule has 2 atom stereocenters. The van der Waals surface area contributed by atoms with Gasteiger partial charge in [-0.15, -0.1) is 0 Å². The van der Waals surface area contributed by atoms with Gasteiger partial charge in [-0.1, -0.05) is 12.1 Å². The van der Waals surface area contributed by atoms with Crippen molar-refractivity contribution < 1.29 is 23.9 Å². The number of likely N-dealkylation sites (tertiary alicyclic amines) is 1. The summed E-state index contributed by atoms with van der Waals surface area (Å²) < 4.78 is 13.6. The molecule has 8 heteroatoms. The molecule has 2 heterocycles.